The normalized spacial score (nSPS) is 19.3. The Morgan fingerprint density at radius 3 is 2.47 bits per heavy atom. The summed E-state index contributed by atoms with van der Waals surface area (Å²) < 4.78 is 48.6. The molecule has 0 N–H and O–H groups in total. The third-order valence-corrected chi connectivity index (χ3v) is 7.50. The predicted octanol–water partition coefficient (Wildman–Crippen LogP) is 5.04. The average Bonchev–Trinajstić information content (AvgIpc) is 2.80. The van der Waals surface area contributed by atoms with E-state index >= 15 is 0 Å². The lowest BCUT2D eigenvalue weighted by Gasteiger charge is -2.28. The first-order chi connectivity index (χ1) is 16.3. The molecule has 186 valence electrons. The van der Waals surface area contributed by atoms with Crippen molar-refractivity contribution >= 4 is 10.1 Å². The third-order valence-electron chi connectivity index (χ3n) is 5.91. The number of hydrogen-bond acceptors (Lipinski definition) is 6. The molecule has 3 atom stereocenters. The van der Waals surface area contributed by atoms with E-state index in [0.29, 0.717) is 30.8 Å². The zero-order valence-electron chi connectivity index (χ0n) is 20.5. The maximum atomic E-state index is 12.8. The van der Waals surface area contributed by atoms with Gasteiger partial charge in [0.15, 0.2) is 0 Å². The van der Waals surface area contributed by atoms with E-state index in [1.165, 1.54) is 0 Å². The van der Waals surface area contributed by atoms with Crippen LogP contribution in [0.15, 0.2) is 59.5 Å². The summed E-state index contributed by atoms with van der Waals surface area (Å²) in [5, 5.41) is 0. The maximum Gasteiger partial charge on any atom is 0.297 e. The molecule has 0 fully saturated rings. The van der Waals surface area contributed by atoms with E-state index in [0.717, 1.165) is 24.0 Å². The fourth-order valence-corrected chi connectivity index (χ4v) is 5.70. The molecule has 0 radical (unpaired) electrons. The molecule has 0 unspecified atom stereocenters. The largest absolute Gasteiger partial charge is 0.381 e. The standard InChI is InChI=1S/C27H36O6S/c1-20-15-21(2)27(22(3)16-20)34(28,29)32-19-26-12-8-11-25(33-26)17-24(30-4)13-14-31-18-23-9-6-5-7-10-23/h5-10,12,15-16,24-26H,11,13-14,17-19H2,1-4H3/t24-,25+,26-/m1/s1. The summed E-state index contributed by atoms with van der Waals surface area (Å²) in [7, 11) is -2.18. The summed E-state index contributed by atoms with van der Waals surface area (Å²) >= 11 is 0. The van der Waals surface area contributed by atoms with Crippen LogP contribution in [-0.2, 0) is 35.1 Å². The molecule has 0 saturated carbocycles. The van der Waals surface area contributed by atoms with Crippen molar-refractivity contribution in [1.29, 1.82) is 0 Å². The second-order valence-electron chi connectivity index (χ2n) is 8.85. The van der Waals surface area contributed by atoms with Gasteiger partial charge in [-0.2, -0.15) is 8.42 Å². The number of aryl methyl sites for hydroxylation is 3. The zero-order valence-corrected chi connectivity index (χ0v) is 21.3. The predicted molar refractivity (Wildman–Crippen MR) is 132 cm³/mol. The second kappa shape index (κ2) is 12.6. The molecule has 0 saturated heterocycles. The van der Waals surface area contributed by atoms with E-state index in [2.05, 4.69) is 0 Å². The summed E-state index contributed by atoms with van der Waals surface area (Å²) in [6, 6.07) is 13.8. The van der Waals surface area contributed by atoms with Crippen molar-refractivity contribution in [2.45, 2.75) is 69.8 Å². The van der Waals surface area contributed by atoms with Gasteiger partial charge < -0.3 is 14.2 Å². The molecule has 6 nitrogen and oxygen atoms in total. The van der Waals surface area contributed by atoms with Crippen molar-refractivity contribution in [3.8, 4) is 0 Å². The smallest absolute Gasteiger partial charge is 0.297 e. The van der Waals surface area contributed by atoms with Crippen LogP contribution in [0, 0.1) is 20.8 Å². The Hall–Kier alpha value is -2.03. The Morgan fingerprint density at radius 2 is 1.79 bits per heavy atom. The lowest BCUT2D eigenvalue weighted by molar-refractivity contribution is -0.0494. The van der Waals surface area contributed by atoms with Gasteiger partial charge in [0.05, 0.1) is 30.3 Å². The Balaban J connectivity index is 1.47. The van der Waals surface area contributed by atoms with Gasteiger partial charge in [-0.05, 0) is 50.3 Å². The van der Waals surface area contributed by atoms with Crippen molar-refractivity contribution in [3.63, 3.8) is 0 Å². The van der Waals surface area contributed by atoms with Crippen molar-refractivity contribution in [2.24, 2.45) is 0 Å². The fourth-order valence-electron chi connectivity index (χ4n) is 4.36. The van der Waals surface area contributed by atoms with Gasteiger partial charge in [0.2, 0.25) is 0 Å². The zero-order chi connectivity index (χ0) is 24.6. The summed E-state index contributed by atoms with van der Waals surface area (Å²) in [5.74, 6) is 0. The molecule has 0 amide bonds. The first-order valence-corrected chi connectivity index (χ1v) is 13.1. The maximum absolute atomic E-state index is 12.8. The first kappa shape index (κ1) is 26.6. The minimum Gasteiger partial charge on any atom is -0.381 e. The van der Waals surface area contributed by atoms with Crippen molar-refractivity contribution in [2.75, 3.05) is 20.3 Å². The van der Waals surface area contributed by atoms with Crippen LogP contribution in [0.2, 0.25) is 0 Å². The van der Waals surface area contributed by atoms with Crippen molar-refractivity contribution < 1.29 is 26.8 Å². The van der Waals surface area contributed by atoms with E-state index in [1.807, 2.05) is 61.5 Å². The molecule has 1 aliphatic rings. The van der Waals surface area contributed by atoms with E-state index in [9.17, 15) is 8.42 Å². The van der Waals surface area contributed by atoms with Gasteiger partial charge in [-0.15, -0.1) is 0 Å². The summed E-state index contributed by atoms with van der Waals surface area (Å²) in [6.45, 7) is 6.64. The number of ether oxygens (including phenoxy) is 3. The highest BCUT2D eigenvalue weighted by molar-refractivity contribution is 7.86. The molecule has 1 heterocycles. The SMILES string of the molecule is CO[C@H](CCOCc1ccccc1)C[C@@H]1CC=C[C@H](COS(=O)(=O)c2c(C)cc(C)cc2C)O1. The summed E-state index contributed by atoms with van der Waals surface area (Å²) in [5.41, 5.74) is 3.54. The van der Waals surface area contributed by atoms with Crippen LogP contribution < -0.4 is 0 Å². The van der Waals surface area contributed by atoms with Gasteiger partial charge in [0.1, 0.15) is 6.10 Å². The van der Waals surface area contributed by atoms with E-state index in [-0.39, 0.29) is 23.7 Å². The topological polar surface area (TPSA) is 71.1 Å². The Kier molecular flexibility index (Phi) is 9.85. The molecule has 2 aromatic carbocycles. The first-order valence-electron chi connectivity index (χ1n) is 11.7. The molecule has 0 aliphatic carbocycles. The molecule has 3 rings (SSSR count). The van der Waals surface area contributed by atoms with Crippen LogP contribution in [0.5, 0.6) is 0 Å². The second-order valence-corrected chi connectivity index (χ2v) is 10.4. The lowest BCUT2D eigenvalue weighted by atomic mass is 10.0. The van der Waals surface area contributed by atoms with Gasteiger partial charge in [0, 0.05) is 20.1 Å². The fraction of sp³-hybridized carbons (Fsp3) is 0.481. The van der Waals surface area contributed by atoms with Crippen molar-refractivity contribution in [1.82, 2.24) is 0 Å². The van der Waals surface area contributed by atoms with Crippen LogP contribution in [0.25, 0.3) is 0 Å². The van der Waals surface area contributed by atoms with Crippen molar-refractivity contribution in [3.05, 3.63) is 76.9 Å². The molecular weight excluding hydrogens is 452 g/mol. The lowest BCUT2D eigenvalue weighted by Crippen LogP contribution is -2.32. The monoisotopic (exact) mass is 488 g/mol. The average molecular weight is 489 g/mol. The van der Waals surface area contributed by atoms with Gasteiger partial charge in [0.25, 0.3) is 10.1 Å². The van der Waals surface area contributed by atoms with Crippen LogP contribution in [0.4, 0.5) is 0 Å². The van der Waals surface area contributed by atoms with Gasteiger partial charge in [-0.3, -0.25) is 4.18 Å². The number of benzene rings is 2. The molecule has 34 heavy (non-hydrogen) atoms. The van der Waals surface area contributed by atoms with E-state index in [4.69, 9.17) is 18.4 Å². The highest BCUT2D eigenvalue weighted by atomic mass is 32.2. The van der Waals surface area contributed by atoms with Gasteiger partial charge in [-0.1, -0.05) is 60.2 Å². The molecular formula is C27H36O6S. The van der Waals surface area contributed by atoms with Crippen LogP contribution in [-0.4, -0.2) is 47.1 Å². The Morgan fingerprint density at radius 1 is 1.09 bits per heavy atom. The molecule has 2 aromatic rings. The van der Waals surface area contributed by atoms with Crippen LogP contribution >= 0.6 is 0 Å². The molecule has 0 spiro atoms. The molecule has 1 aliphatic heterocycles. The number of rotatable bonds is 12. The minimum atomic E-state index is -3.88. The van der Waals surface area contributed by atoms with Gasteiger partial charge >= 0.3 is 0 Å². The minimum absolute atomic E-state index is 0.00423. The van der Waals surface area contributed by atoms with E-state index in [1.54, 1.807) is 21.0 Å². The summed E-state index contributed by atoms with van der Waals surface area (Å²) in [4.78, 5) is 0.240. The van der Waals surface area contributed by atoms with E-state index < -0.39 is 16.2 Å². The highest BCUT2D eigenvalue weighted by Gasteiger charge is 2.26. The molecule has 0 bridgehead atoms. The summed E-state index contributed by atoms with van der Waals surface area (Å²) in [6.07, 6.45) is 5.61. The number of methoxy groups -OCH3 is 1. The number of hydrogen-bond donors (Lipinski definition) is 0. The Bertz CT molecular complexity index is 1030. The highest BCUT2D eigenvalue weighted by Crippen LogP contribution is 2.25. The Labute approximate surface area is 204 Å². The third kappa shape index (κ3) is 7.75. The van der Waals surface area contributed by atoms with Crippen LogP contribution in [0.3, 0.4) is 0 Å². The van der Waals surface area contributed by atoms with Gasteiger partial charge in [-0.25, -0.2) is 0 Å². The molecule has 7 heteroatoms. The van der Waals surface area contributed by atoms with Crippen LogP contribution in [0.1, 0.15) is 41.5 Å². The molecule has 0 aromatic heterocycles. The quantitative estimate of drug-likeness (QED) is 0.237.